The predicted molar refractivity (Wildman–Crippen MR) is 119 cm³/mol. The van der Waals surface area contributed by atoms with E-state index in [1.54, 1.807) is 55.6 Å². The van der Waals surface area contributed by atoms with Gasteiger partial charge in [-0.2, -0.15) is 5.26 Å². The zero-order valence-corrected chi connectivity index (χ0v) is 18.7. The van der Waals surface area contributed by atoms with E-state index < -0.39 is 18.5 Å². The molecule has 0 N–H and O–H groups in total. The summed E-state index contributed by atoms with van der Waals surface area (Å²) in [4.78, 5) is 31.0. The third kappa shape index (κ3) is 6.33. The van der Waals surface area contributed by atoms with Crippen LogP contribution < -0.4 is 4.90 Å². The van der Waals surface area contributed by atoms with Crippen molar-refractivity contribution in [2.45, 2.75) is 24.1 Å². The van der Waals surface area contributed by atoms with Crippen LogP contribution in [-0.4, -0.2) is 35.2 Å². The molecule has 2 heterocycles. The van der Waals surface area contributed by atoms with Crippen molar-refractivity contribution < 1.29 is 18.8 Å². The van der Waals surface area contributed by atoms with Crippen molar-refractivity contribution in [1.82, 2.24) is 10.1 Å². The summed E-state index contributed by atoms with van der Waals surface area (Å²) in [6.07, 6.45) is 1.69. The average Bonchev–Trinajstić information content (AvgIpc) is 3.21. The Morgan fingerprint density at radius 2 is 2.12 bits per heavy atom. The lowest BCUT2D eigenvalue weighted by molar-refractivity contribution is -0.121. The Balaban J connectivity index is 1.66. The van der Waals surface area contributed by atoms with Crippen LogP contribution in [0.15, 0.2) is 58.2 Å². The molecule has 32 heavy (non-hydrogen) atoms. The summed E-state index contributed by atoms with van der Waals surface area (Å²) in [7, 11) is 0. The fourth-order valence-electron chi connectivity index (χ4n) is 2.78. The number of benzene rings is 1. The largest absolute Gasteiger partial charge is 0.452 e. The van der Waals surface area contributed by atoms with E-state index in [4.69, 9.17) is 26.1 Å². The summed E-state index contributed by atoms with van der Waals surface area (Å²) in [6.45, 7) is 1.46. The summed E-state index contributed by atoms with van der Waals surface area (Å²) < 4.78 is 10.3. The number of amides is 1. The summed E-state index contributed by atoms with van der Waals surface area (Å²) in [6, 6.07) is 13.7. The fraction of sp³-hybridized carbons (Fsp3) is 0.227. The normalized spacial score (nSPS) is 10.4. The second kappa shape index (κ2) is 11.3. The lowest BCUT2D eigenvalue weighted by Crippen LogP contribution is -2.35. The first-order valence-electron chi connectivity index (χ1n) is 9.58. The Morgan fingerprint density at radius 3 is 2.84 bits per heavy atom. The van der Waals surface area contributed by atoms with E-state index in [0.717, 1.165) is 5.69 Å². The molecule has 10 heteroatoms. The number of nitriles is 1. The van der Waals surface area contributed by atoms with Crippen LogP contribution in [0.1, 0.15) is 28.2 Å². The number of pyridine rings is 1. The summed E-state index contributed by atoms with van der Waals surface area (Å²) in [5.41, 5.74) is 1.49. The molecule has 0 bridgehead atoms. The molecule has 0 spiro atoms. The van der Waals surface area contributed by atoms with Gasteiger partial charge in [0.05, 0.1) is 23.7 Å². The molecule has 1 aromatic carbocycles. The standard InChI is InChI=1S/C22H19ClN4O4S/c1-15-11-17(26-31-15)14-32-21-19(7-3-9-25-21)22(29)30-13-20(28)27(10-4-8-24)18-6-2-5-16(23)12-18/h2-3,5-7,9,11-12H,4,10,13-14H2,1H3. The molecule has 0 radical (unpaired) electrons. The van der Waals surface area contributed by atoms with Crippen LogP contribution in [0.5, 0.6) is 0 Å². The van der Waals surface area contributed by atoms with Gasteiger partial charge < -0.3 is 14.2 Å². The zero-order valence-electron chi connectivity index (χ0n) is 17.2. The summed E-state index contributed by atoms with van der Waals surface area (Å²) >= 11 is 7.33. The van der Waals surface area contributed by atoms with E-state index in [-0.39, 0.29) is 18.5 Å². The smallest absolute Gasteiger partial charge is 0.341 e. The van der Waals surface area contributed by atoms with Gasteiger partial charge in [0.25, 0.3) is 5.91 Å². The number of halogens is 1. The van der Waals surface area contributed by atoms with Crippen molar-refractivity contribution in [2.75, 3.05) is 18.1 Å². The maximum absolute atomic E-state index is 12.8. The Morgan fingerprint density at radius 1 is 1.28 bits per heavy atom. The molecule has 0 aliphatic heterocycles. The third-order valence-electron chi connectivity index (χ3n) is 4.22. The minimum Gasteiger partial charge on any atom is -0.452 e. The molecule has 2 aromatic heterocycles. The molecule has 164 valence electrons. The van der Waals surface area contributed by atoms with Gasteiger partial charge >= 0.3 is 5.97 Å². The second-order valence-corrected chi connectivity index (χ2v) is 7.98. The highest BCUT2D eigenvalue weighted by atomic mass is 35.5. The number of aromatic nitrogens is 2. The number of nitrogens with zero attached hydrogens (tertiary/aromatic N) is 4. The van der Waals surface area contributed by atoms with Crippen LogP contribution in [0, 0.1) is 18.3 Å². The van der Waals surface area contributed by atoms with Crippen LogP contribution >= 0.6 is 23.4 Å². The SMILES string of the molecule is Cc1cc(CSc2ncccc2C(=O)OCC(=O)N(CCC#N)c2cccc(Cl)c2)no1. The first kappa shape index (κ1) is 23.3. The number of anilines is 1. The highest BCUT2D eigenvalue weighted by Crippen LogP contribution is 2.25. The quantitative estimate of drug-likeness (QED) is 0.333. The van der Waals surface area contributed by atoms with Gasteiger partial charge in [-0.15, -0.1) is 0 Å². The van der Waals surface area contributed by atoms with Crippen molar-refractivity contribution in [3.05, 3.63) is 70.7 Å². The van der Waals surface area contributed by atoms with Crippen molar-refractivity contribution in [3.8, 4) is 6.07 Å². The Labute approximate surface area is 194 Å². The number of carbonyl (C=O) groups is 2. The van der Waals surface area contributed by atoms with Gasteiger partial charge in [-0.25, -0.2) is 9.78 Å². The maximum atomic E-state index is 12.8. The Bertz CT molecular complexity index is 1140. The number of ether oxygens (including phenoxy) is 1. The summed E-state index contributed by atoms with van der Waals surface area (Å²) in [5, 5.41) is 13.7. The molecule has 0 aliphatic carbocycles. The Kier molecular flexibility index (Phi) is 8.25. The van der Waals surface area contributed by atoms with Crippen molar-refractivity contribution in [1.29, 1.82) is 5.26 Å². The number of thioether (sulfide) groups is 1. The number of hydrogen-bond donors (Lipinski definition) is 0. The van der Waals surface area contributed by atoms with Gasteiger partial charge in [-0.1, -0.05) is 34.6 Å². The molecule has 0 saturated heterocycles. The molecule has 1 amide bonds. The van der Waals surface area contributed by atoms with Gasteiger partial charge in [0, 0.05) is 35.3 Å². The first-order valence-corrected chi connectivity index (χ1v) is 10.9. The number of rotatable bonds is 9. The molecule has 3 rings (SSSR count). The molecule has 3 aromatic rings. The van der Waals surface area contributed by atoms with Crippen LogP contribution in [0.2, 0.25) is 5.02 Å². The molecule has 0 unspecified atom stereocenters. The Hall–Kier alpha value is -3.35. The summed E-state index contributed by atoms with van der Waals surface area (Å²) in [5.74, 6) is 0.0219. The lowest BCUT2D eigenvalue weighted by Gasteiger charge is -2.22. The van der Waals surface area contributed by atoms with Gasteiger partial charge in [-0.3, -0.25) is 4.79 Å². The van der Waals surface area contributed by atoms with Gasteiger partial charge in [-0.05, 0) is 37.3 Å². The maximum Gasteiger partial charge on any atom is 0.341 e. The van der Waals surface area contributed by atoms with Crippen LogP contribution in [-0.2, 0) is 15.3 Å². The monoisotopic (exact) mass is 470 g/mol. The van der Waals surface area contributed by atoms with Crippen molar-refractivity contribution in [2.24, 2.45) is 0 Å². The molecule has 0 atom stereocenters. The molecule has 0 saturated carbocycles. The highest BCUT2D eigenvalue weighted by molar-refractivity contribution is 7.98. The van der Waals surface area contributed by atoms with E-state index >= 15 is 0 Å². The molecular formula is C22H19ClN4O4S. The predicted octanol–water partition coefficient (Wildman–Crippen LogP) is 4.43. The van der Waals surface area contributed by atoms with Crippen molar-refractivity contribution >= 4 is 40.9 Å². The highest BCUT2D eigenvalue weighted by Gasteiger charge is 2.20. The van der Waals surface area contributed by atoms with E-state index in [1.165, 1.54) is 16.7 Å². The first-order chi connectivity index (χ1) is 15.5. The van der Waals surface area contributed by atoms with E-state index in [9.17, 15) is 9.59 Å². The van der Waals surface area contributed by atoms with Crippen LogP contribution in [0.4, 0.5) is 5.69 Å². The molecule has 0 fully saturated rings. The minimum absolute atomic E-state index is 0.122. The van der Waals surface area contributed by atoms with Gasteiger partial charge in [0.1, 0.15) is 10.8 Å². The van der Waals surface area contributed by atoms with E-state index in [1.807, 2.05) is 6.07 Å². The molecular weight excluding hydrogens is 452 g/mol. The van der Waals surface area contributed by atoms with Crippen molar-refractivity contribution in [3.63, 3.8) is 0 Å². The number of hydrogen-bond acceptors (Lipinski definition) is 8. The molecule has 8 nitrogen and oxygen atoms in total. The van der Waals surface area contributed by atoms with Gasteiger partial charge in [0.15, 0.2) is 6.61 Å². The lowest BCUT2D eigenvalue weighted by atomic mass is 10.2. The van der Waals surface area contributed by atoms with Crippen LogP contribution in [0.3, 0.4) is 0 Å². The third-order valence-corrected chi connectivity index (χ3v) is 5.49. The van der Waals surface area contributed by atoms with Gasteiger partial charge in [0.2, 0.25) is 0 Å². The number of esters is 1. The average molecular weight is 471 g/mol. The van der Waals surface area contributed by atoms with E-state index in [2.05, 4.69) is 10.1 Å². The second-order valence-electron chi connectivity index (χ2n) is 6.58. The number of carbonyl (C=O) groups excluding carboxylic acids is 2. The fourth-order valence-corrected chi connectivity index (χ4v) is 3.82. The van der Waals surface area contributed by atoms with Crippen LogP contribution in [0.25, 0.3) is 0 Å². The number of aryl methyl sites for hydroxylation is 1. The minimum atomic E-state index is -0.670. The van der Waals surface area contributed by atoms with E-state index in [0.29, 0.717) is 27.2 Å². The molecule has 0 aliphatic rings. The zero-order chi connectivity index (χ0) is 22.9. The topological polar surface area (TPSA) is 109 Å².